The van der Waals surface area contributed by atoms with Gasteiger partial charge >= 0.3 is 0 Å². The highest BCUT2D eigenvalue weighted by Gasteiger charge is 2.33. The summed E-state index contributed by atoms with van der Waals surface area (Å²) in [5.74, 6) is 1.02. The Morgan fingerprint density at radius 1 is 1.33 bits per heavy atom. The third-order valence-corrected chi connectivity index (χ3v) is 3.03. The quantitative estimate of drug-likeness (QED) is 0.583. The predicted molar refractivity (Wildman–Crippen MR) is 45.9 cm³/mol. The Bertz CT molecular complexity index is 145. The molecule has 2 heterocycles. The van der Waals surface area contributed by atoms with Crippen molar-refractivity contribution in [3.63, 3.8) is 0 Å². The molecule has 0 radical (unpaired) electrons. The maximum Gasteiger partial charge on any atom is 0.0826 e. The van der Waals surface area contributed by atoms with Crippen molar-refractivity contribution < 1.29 is 9.84 Å². The molecule has 2 N–H and O–H groups in total. The van der Waals surface area contributed by atoms with Crippen LogP contribution in [-0.4, -0.2) is 37.5 Å². The van der Waals surface area contributed by atoms with E-state index in [-0.39, 0.29) is 6.10 Å². The van der Waals surface area contributed by atoms with Gasteiger partial charge in [-0.15, -0.1) is 0 Å². The van der Waals surface area contributed by atoms with Gasteiger partial charge in [-0.2, -0.15) is 0 Å². The van der Waals surface area contributed by atoms with Crippen molar-refractivity contribution in [2.45, 2.75) is 18.9 Å². The van der Waals surface area contributed by atoms with Crippen LogP contribution in [0.15, 0.2) is 0 Å². The zero-order chi connectivity index (χ0) is 8.39. The van der Waals surface area contributed by atoms with Crippen LogP contribution in [0.3, 0.4) is 0 Å². The molecule has 0 bridgehead atoms. The lowest BCUT2D eigenvalue weighted by atomic mass is 9.84. The summed E-state index contributed by atoms with van der Waals surface area (Å²) < 4.78 is 5.24. The Morgan fingerprint density at radius 2 is 2.25 bits per heavy atom. The average molecular weight is 171 g/mol. The summed E-state index contributed by atoms with van der Waals surface area (Å²) in [6.07, 6.45) is 2.28. The zero-order valence-corrected chi connectivity index (χ0v) is 7.33. The van der Waals surface area contributed by atoms with Crippen LogP contribution in [-0.2, 0) is 4.74 Å². The second-order valence-electron chi connectivity index (χ2n) is 3.88. The Hall–Kier alpha value is -0.120. The second kappa shape index (κ2) is 3.73. The van der Waals surface area contributed by atoms with Crippen LogP contribution in [0.25, 0.3) is 0 Å². The van der Waals surface area contributed by atoms with Crippen molar-refractivity contribution in [2.24, 2.45) is 11.8 Å². The van der Waals surface area contributed by atoms with Gasteiger partial charge < -0.3 is 15.2 Å². The van der Waals surface area contributed by atoms with Crippen molar-refractivity contribution >= 4 is 0 Å². The molecule has 2 rings (SSSR count). The monoisotopic (exact) mass is 171 g/mol. The molecule has 2 saturated heterocycles. The van der Waals surface area contributed by atoms with Gasteiger partial charge in [0.2, 0.25) is 0 Å². The molecule has 2 aliphatic rings. The maximum absolute atomic E-state index is 9.59. The van der Waals surface area contributed by atoms with E-state index in [1.807, 2.05) is 0 Å². The summed E-state index contributed by atoms with van der Waals surface area (Å²) in [7, 11) is 0. The molecule has 0 aromatic heterocycles. The van der Waals surface area contributed by atoms with E-state index >= 15 is 0 Å². The predicted octanol–water partition coefficient (Wildman–Crippen LogP) is -0.00670. The molecule has 0 saturated carbocycles. The number of rotatable bonds is 1. The maximum atomic E-state index is 9.59. The van der Waals surface area contributed by atoms with Gasteiger partial charge in [0.05, 0.1) is 19.3 Å². The van der Waals surface area contributed by atoms with Crippen LogP contribution in [0.1, 0.15) is 12.8 Å². The van der Waals surface area contributed by atoms with Gasteiger partial charge in [-0.25, -0.2) is 0 Å². The molecule has 3 heteroatoms. The van der Waals surface area contributed by atoms with Crippen LogP contribution in [0, 0.1) is 11.8 Å². The third-order valence-electron chi connectivity index (χ3n) is 3.03. The van der Waals surface area contributed by atoms with Crippen molar-refractivity contribution in [2.75, 3.05) is 26.3 Å². The summed E-state index contributed by atoms with van der Waals surface area (Å²) in [5, 5.41) is 13.0. The number of ether oxygens (including phenoxy) is 1. The summed E-state index contributed by atoms with van der Waals surface area (Å²) >= 11 is 0. The first-order valence-corrected chi connectivity index (χ1v) is 4.84. The number of nitrogens with one attached hydrogen (secondary N) is 1. The molecule has 0 aliphatic carbocycles. The number of aliphatic hydroxyl groups is 1. The molecular formula is C9H17NO2. The van der Waals surface area contributed by atoms with E-state index in [0.717, 1.165) is 19.7 Å². The largest absolute Gasteiger partial charge is 0.390 e. The number of hydrogen-bond donors (Lipinski definition) is 2. The van der Waals surface area contributed by atoms with E-state index in [1.54, 1.807) is 0 Å². The van der Waals surface area contributed by atoms with E-state index < -0.39 is 0 Å². The van der Waals surface area contributed by atoms with Crippen LogP contribution in [0.5, 0.6) is 0 Å². The summed E-state index contributed by atoms with van der Waals surface area (Å²) in [5.41, 5.74) is 0. The minimum atomic E-state index is -0.213. The molecule has 0 spiro atoms. The highest BCUT2D eigenvalue weighted by atomic mass is 16.5. The molecule has 3 unspecified atom stereocenters. The van der Waals surface area contributed by atoms with Gasteiger partial charge in [0.25, 0.3) is 0 Å². The van der Waals surface area contributed by atoms with Crippen LogP contribution in [0.4, 0.5) is 0 Å². The normalized spacial score (nSPS) is 43.2. The Morgan fingerprint density at radius 3 is 2.83 bits per heavy atom. The fourth-order valence-corrected chi connectivity index (χ4v) is 2.25. The fraction of sp³-hybridized carbons (Fsp3) is 1.00. The lowest BCUT2D eigenvalue weighted by molar-refractivity contribution is 0.0972. The van der Waals surface area contributed by atoms with E-state index in [1.165, 1.54) is 12.8 Å². The van der Waals surface area contributed by atoms with Gasteiger partial charge in [-0.05, 0) is 31.8 Å². The van der Waals surface area contributed by atoms with E-state index in [2.05, 4.69) is 5.32 Å². The Kier molecular flexibility index (Phi) is 2.63. The first-order chi connectivity index (χ1) is 5.88. The van der Waals surface area contributed by atoms with Crippen molar-refractivity contribution in [1.29, 1.82) is 0 Å². The molecular weight excluding hydrogens is 154 g/mol. The molecule has 3 nitrogen and oxygen atoms in total. The standard InChI is InChI=1S/C9H17NO2/c11-9-6-12-5-8(9)7-2-1-3-10-4-7/h7-11H,1-6H2. The summed E-state index contributed by atoms with van der Waals surface area (Å²) in [6.45, 7) is 3.50. The van der Waals surface area contributed by atoms with Gasteiger partial charge in [0.1, 0.15) is 0 Å². The smallest absolute Gasteiger partial charge is 0.0826 e. The number of hydrogen-bond acceptors (Lipinski definition) is 3. The Balaban J connectivity index is 1.89. The van der Waals surface area contributed by atoms with E-state index in [4.69, 9.17) is 4.74 Å². The van der Waals surface area contributed by atoms with Crippen LogP contribution in [0.2, 0.25) is 0 Å². The summed E-state index contributed by atoms with van der Waals surface area (Å²) in [4.78, 5) is 0. The minimum absolute atomic E-state index is 0.213. The molecule has 0 aromatic rings. The number of aliphatic hydroxyl groups excluding tert-OH is 1. The average Bonchev–Trinajstić information content (AvgIpc) is 2.53. The molecule has 12 heavy (non-hydrogen) atoms. The van der Waals surface area contributed by atoms with E-state index in [9.17, 15) is 5.11 Å². The zero-order valence-electron chi connectivity index (χ0n) is 7.33. The lowest BCUT2D eigenvalue weighted by Crippen LogP contribution is -2.38. The van der Waals surface area contributed by atoms with Crippen molar-refractivity contribution in [3.05, 3.63) is 0 Å². The highest BCUT2D eigenvalue weighted by Crippen LogP contribution is 2.27. The fourth-order valence-electron chi connectivity index (χ4n) is 2.25. The van der Waals surface area contributed by atoms with Crippen molar-refractivity contribution in [3.8, 4) is 0 Å². The van der Waals surface area contributed by atoms with Gasteiger partial charge in [-0.3, -0.25) is 0 Å². The molecule has 70 valence electrons. The SMILES string of the molecule is OC1COCC1C1CCCNC1. The molecule has 3 atom stereocenters. The first kappa shape index (κ1) is 8.48. The number of piperidine rings is 1. The van der Waals surface area contributed by atoms with Crippen molar-refractivity contribution in [1.82, 2.24) is 5.32 Å². The second-order valence-corrected chi connectivity index (χ2v) is 3.88. The topological polar surface area (TPSA) is 41.5 Å². The third kappa shape index (κ3) is 1.63. The Labute approximate surface area is 73.1 Å². The van der Waals surface area contributed by atoms with Crippen LogP contribution >= 0.6 is 0 Å². The molecule has 2 aliphatic heterocycles. The van der Waals surface area contributed by atoms with Crippen LogP contribution < -0.4 is 5.32 Å². The van der Waals surface area contributed by atoms with E-state index in [0.29, 0.717) is 18.4 Å². The minimum Gasteiger partial charge on any atom is -0.390 e. The molecule has 0 aromatic carbocycles. The molecule has 0 amide bonds. The molecule has 2 fully saturated rings. The first-order valence-electron chi connectivity index (χ1n) is 4.84. The van der Waals surface area contributed by atoms with Gasteiger partial charge in [0.15, 0.2) is 0 Å². The van der Waals surface area contributed by atoms with Gasteiger partial charge in [0, 0.05) is 5.92 Å². The summed E-state index contributed by atoms with van der Waals surface area (Å²) in [6, 6.07) is 0. The highest BCUT2D eigenvalue weighted by molar-refractivity contribution is 4.84. The van der Waals surface area contributed by atoms with Gasteiger partial charge in [-0.1, -0.05) is 0 Å². The lowest BCUT2D eigenvalue weighted by Gasteiger charge is -2.28.